The molecule has 31 heavy (non-hydrogen) atoms. The van der Waals surface area contributed by atoms with Gasteiger partial charge >= 0.3 is 6.03 Å². The van der Waals surface area contributed by atoms with Crippen LogP contribution in [0.3, 0.4) is 0 Å². The van der Waals surface area contributed by atoms with Crippen molar-refractivity contribution in [2.45, 2.75) is 12.0 Å². The molecule has 4 rings (SSSR count). The quantitative estimate of drug-likeness (QED) is 0.579. The van der Waals surface area contributed by atoms with E-state index in [1.807, 2.05) is 0 Å². The van der Waals surface area contributed by atoms with Crippen LogP contribution in [0.5, 0.6) is 5.75 Å². The van der Waals surface area contributed by atoms with Crippen molar-refractivity contribution in [3.63, 3.8) is 0 Å². The summed E-state index contributed by atoms with van der Waals surface area (Å²) in [6.45, 7) is -0.0191. The molecule has 0 bridgehead atoms. The van der Waals surface area contributed by atoms with E-state index in [0.717, 1.165) is 17.7 Å². The van der Waals surface area contributed by atoms with Crippen molar-refractivity contribution in [1.82, 2.24) is 15.6 Å². The molecule has 1 aliphatic heterocycles. The zero-order chi connectivity index (χ0) is 22.0. The first-order valence-electron chi connectivity index (χ1n) is 9.34. The summed E-state index contributed by atoms with van der Waals surface area (Å²) in [5, 5.41) is 7.62. The molecule has 1 aliphatic rings. The first kappa shape index (κ1) is 20.3. The van der Waals surface area contributed by atoms with Crippen molar-refractivity contribution in [2.24, 2.45) is 0 Å². The Labute approximate surface area is 175 Å². The fourth-order valence-corrected chi connectivity index (χ4v) is 3.46. The van der Waals surface area contributed by atoms with Crippen LogP contribution < -0.4 is 20.7 Å². The van der Waals surface area contributed by atoms with Gasteiger partial charge in [0.2, 0.25) is 11.8 Å². The lowest BCUT2D eigenvalue weighted by molar-refractivity contribution is -0.120. The van der Waals surface area contributed by atoms with Crippen LogP contribution in [-0.4, -0.2) is 36.6 Å². The number of aromatic nitrogens is 1. The van der Waals surface area contributed by atoms with Crippen LogP contribution in [0.25, 0.3) is 11.5 Å². The Kier molecular flexibility index (Phi) is 5.52. The molecule has 2 heterocycles. The number of nitrogens with one attached hydrogen (secondary N) is 3. The molecule has 2 atom stereocenters. The minimum atomic E-state index is -1.15. The summed E-state index contributed by atoms with van der Waals surface area (Å²) in [6, 6.07) is 6.90. The van der Waals surface area contributed by atoms with Gasteiger partial charge in [0.1, 0.15) is 29.7 Å². The second-order valence-corrected chi connectivity index (χ2v) is 6.85. The number of benzene rings is 2. The van der Waals surface area contributed by atoms with E-state index in [0.29, 0.717) is 11.6 Å². The van der Waals surface area contributed by atoms with Crippen LogP contribution in [0.2, 0.25) is 0 Å². The van der Waals surface area contributed by atoms with Crippen LogP contribution >= 0.6 is 0 Å². The van der Waals surface area contributed by atoms with Gasteiger partial charge in [-0.05, 0) is 24.3 Å². The lowest BCUT2D eigenvalue weighted by atomic mass is 9.93. The Bertz CT molecular complexity index is 1080. The minimum absolute atomic E-state index is 0.0191. The number of amides is 3. The maximum absolute atomic E-state index is 14.5. The number of hydrogen-bond acceptors (Lipinski definition) is 5. The molecule has 3 amide bonds. The standard InChI is InChI=1S/C21H18F2N4O4/c1-30-13-8-15(22)17(16(23)9-13)14-10-25-19(28)18(14)27-21(29)26-12-4-2-11(3-5-12)20-24-6-7-31-20/h2-9,14,18H,10H2,1H3,(H,25,28)(H2,26,27,29). The second kappa shape index (κ2) is 8.42. The van der Waals surface area contributed by atoms with Gasteiger partial charge in [-0.3, -0.25) is 4.79 Å². The fraction of sp³-hybridized carbons (Fsp3) is 0.190. The summed E-state index contributed by atoms with van der Waals surface area (Å²) in [5.41, 5.74) is 0.876. The topological polar surface area (TPSA) is 105 Å². The Morgan fingerprint density at radius 3 is 2.55 bits per heavy atom. The Balaban J connectivity index is 1.47. The Hall–Kier alpha value is -3.95. The largest absolute Gasteiger partial charge is 0.497 e. The van der Waals surface area contributed by atoms with E-state index in [4.69, 9.17) is 9.15 Å². The highest BCUT2D eigenvalue weighted by molar-refractivity contribution is 5.95. The molecule has 2 unspecified atom stereocenters. The van der Waals surface area contributed by atoms with Crippen molar-refractivity contribution < 1.29 is 27.5 Å². The first-order chi connectivity index (χ1) is 15.0. The smallest absolute Gasteiger partial charge is 0.319 e. The van der Waals surface area contributed by atoms with E-state index >= 15 is 0 Å². The molecule has 8 nitrogen and oxygen atoms in total. The molecule has 2 aromatic carbocycles. The van der Waals surface area contributed by atoms with Crippen molar-refractivity contribution >= 4 is 17.6 Å². The normalized spacial score (nSPS) is 17.8. The van der Waals surface area contributed by atoms with Crippen LogP contribution in [0.15, 0.2) is 53.3 Å². The molecule has 1 saturated heterocycles. The summed E-state index contributed by atoms with van der Waals surface area (Å²) < 4.78 is 39.0. The highest BCUT2D eigenvalue weighted by Crippen LogP contribution is 2.31. The van der Waals surface area contributed by atoms with Crippen LogP contribution in [-0.2, 0) is 4.79 Å². The van der Waals surface area contributed by atoms with Crippen molar-refractivity contribution in [3.05, 3.63) is 66.1 Å². The number of oxazole rings is 1. The number of urea groups is 1. The van der Waals surface area contributed by atoms with Gasteiger partial charge in [-0.2, -0.15) is 0 Å². The molecule has 1 aromatic heterocycles. The first-order valence-corrected chi connectivity index (χ1v) is 9.34. The summed E-state index contributed by atoms with van der Waals surface area (Å²) in [4.78, 5) is 28.7. The average Bonchev–Trinajstić information content (AvgIpc) is 3.40. The van der Waals surface area contributed by atoms with Gasteiger partial charge in [-0.25, -0.2) is 18.6 Å². The van der Waals surface area contributed by atoms with E-state index in [1.54, 1.807) is 24.3 Å². The van der Waals surface area contributed by atoms with Crippen molar-refractivity contribution in [3.8, 4) is 17.2 Å². The van der Waals surface area contributed by atoms with Crippen LogP contribution in [0, 0.1) is 11.6 Å². The molecular formula is C21H18F2N4O4. The number of halogens is 2. The predicted molar refractivity (Wildman–Crippen MR) is 107 cm³/mol. The Morgan fingerprint density at radius 2 is 1.94 bits per heavy atom. The van der Waals surface area contributed by atoms with Crippen molar-refractivity contribution in [1.29, 1.82) is 0 Å². The van der Waals surface area contributed by atoms with Crippen LogP contribution in [0.1, 0.15) is 11.5 Å². The Morgan fingerprint density at radius 1 is 1.23 bits per heavy atom. The molecule has 0 spiro atoms. The zero-order valence-electron chi connectivity index (χ0n) is 16.3. The molecule has 0 aliphatic carbocycles. The second-order valence-electron chi connectivity index (χ2n) is 6.85. The minimum Gasteiger partial charge on any atom is -0.497 e. The number of anilines is 1. The van der Waals surface area contributed by atoms with Gasteiger partial charge < -0.3 is 25.1 Å². The molecule has 160 valence electrons. The molecule has 10 heteroatoms. The van der Waals surface area contributed by atoms with Gasteiger partial charge in [-0.1, -0.05) is 0 Å². The number of rotatable bonds is 5. The predicted octanol–water partition coefficient (Wildman–Crippen LogP) is 3.03. The van der Waals surface area contributed by atoms with E-state index in [-0.39, 0.29) is 17.9 Å². The fourth-order valence-electron chi connectivity index (χ4n) is 3.46. The van der Waals surface area contributed by atoms with Gasteiger partial charge in [-0.15, -0.1) is 0 Å². The molecular weight excluding hydrogens is 410 g/mol. The van der Waals surface area contributed by atoms with E-state index < -0.39 is 35.5 Å². The zero-order valence-corrected chi connectivity index (χ0v) is 16.3. The number of carbonyl (C=O) groups excluding carboxylic acids is 2. The average molecular weight is 428 g/mol. The number of methoxy groups -OCH3 is 1. The highest BCUT2D eigenvalue weighted by atomic mass is 19.1. The third-order valence-corrected chi connectivity index (χ3v) is 4.95. The summed E-state index contributed by atoms with van der Waals surface area (Å²) in [5.74, 6) is -2.71. The molecule has 1 fully saturated rings. The lowest BCUT2D eigenvalue weighted by Gasteiger charge is -2.20. The highest BCUT2D eigenvalue weighted by Gasteiger charge is 2.40. The maximum atomic E-state index is 14.5. The van der Waals surface area contributed by atoms with Crippen molar-refractivity contribution in [2.75, 3.05) is 19.0 Å². The van der Waals surface area contributed by atoms with E-state index in [2.05, 4.69) is 20.9 Å². The monoisotopic (exact) mass is 428 g/mol. The van der Waals surface area contributed by atoms with Gasteiger partial charge in [0, 0.05) is 41.4 Å². The lowest BCUT2D eigenvalue weighted by Crippen LogP contribution is -2.45. The van der Waals surface area contributed by atoms with Gasteiger partial charge in [0.05, 0.1) is 13.3 Å². The molecule has 0 radical (unpaired) electrons. The van der Waals surface area contributed by atoms with Gasteiger partial charge in [0.25, 0.3) is 0 Å². The number of ether oxygens (including phenoxy) is 1. The van der Waals surface area contributed by atoms with E-state index in [1.165, 1.54) is 19.6 Å². The summed E-state index contributed by atoms with van der Waals surface area (Å²) in [7, 11) is 1.29. The van der Waals surface area contributed by atoms with E-state index in [9.17, 15) is 18.4 Å². The summed E-state index contributed by atoms with van der Waals surface area (Å²) in [6.07, 6.45) is 2.97. The van der Waals surface area contributed by atoms with Crippen LogP contribution in [0.4, 0.5) is 19.3 Å². The maximum Gasteiger partial charge on any atom is 0.319 e. The van der Waals surface area contributed by atoms with Gasteiger partial charge in [0.15, 0.2) is 0 Å². The SMILES string of the molecule is COc1cc(F)c(C2CNC(=O)C2NC(=O)Nc2ccc(-c3ncco3)cc2)c(F)c1. The third-order valence-electron chi connectivity index (χ3n) is 4.95. The molecule has 3 N–H and O–H groups in total. The third kappa shape index (κ3) is 4.18. The number of nitrogens with zero attached hydrogens (tertiary/aromatic N) is 1. The molecule has 0 saturated carbocycles. The number of hydrogen-bond donors (Lipinski definition) is 3. The number of carbonyl (C=O) groups is 2. The molecule has 3 aromatic rings. The summed E-state index contributed by atoms with van der Waals surface area (Å²) >= 11 is 0.